The molecule has 6 nitrogen and oxygen atoms in total. The number of aryl methyl sites for hydroxylation is 1. The van der Waals surface area contributed by atoms with Gasteiger partial charge in [-0.25, -0.2) is 8.42 Å². The monoisotopic (exact) mass is 299 g/mol. The molecule has 1 rings (SSSR count). The van der Waals surface area contributed by atoms with Gasteiger partial charge in [0.05, 0.1) is 4.75 Å². The molecule has 0 bridgehead atoms. The number of rotatable bonds is 5. The van der Waals surface area contributed by atoms with Gasteiger partial charge < -0.3 is 10.7 Å². The third-order valence-electron chi connectivity index (χ3n) is 3.32. The zero-order valence-electron chi connectivity index (χ0n) is 12.1. The summed E-state index contributed by atoms with van der Waals surface area (Å²) in [6.45, 7) is 5.01. The highest BCUT2D eigenvalue weighted by Gasteiger charge is 2.30. The van der Waals surface area contributed by atoms with Crippen LogP contribution in [0.15, 0.2) is 18.2 Å². The molecule has 0 fully saturated rings. The van der Waals surface area contributed by atoms with Gasteiger partial charge in [-0.05, 0) is 44.5 Å². The van der Waals surface area contributed by atoms with Crippen LogP contribution in [0.5, 0.6) is 0 Å². The quantitative estimate of drug-likeness (QED) is 0.552. The lowest BCUT2D eigenvalue weighted by atomic mass is 10.1. The van der Waals surface area contributed by atoms with Crippen molar-refractivity contribution in [3.63, 3.8) is 0 Å². The zero-order valence-corrected chi connectivity index (χ0v) is 13.0. The van der Waals surface area contributed by atoms with E-state index in [0.29, 0.717) is 11.3 Å². The number of hydrogen-bond donors (Lipinski definition) is 3. The average Bonchev–Trinajstić information content (AvgIpc) is 2.34. The first-order valence-electron chi connectivity index (χ1n) is 6.13. The summed E-state index contributed by atoms with van der Waals surface area (Å²) in [6.07, 6.45) is 1.16. The second-order valence-electron chi connectivity index (χ2n) is 5.39. The number of hydrogen-bond acceptors (Lipinski definition) is 5. The van der Waals surface area contributed by atoms with Crippen LogP contribution < -0.4 is 16.6 Å². The van der Waals surface area contributed by atoms with Crippen LogP contribution in [0.2, 0.25) is 0 Å². The lowest BCUT2D eigenvalue weighted by molar-refractivity contribution is 0.0950. The molecule has 0 saturated heterocycles. The van der Waals surface area contributed by atoms with E-state index in [9.17, 15) is 13.2 Å². The van der Waals surface area contributed by atoms with Crippen LogP contribution in [0.4, 0.5) is 5.69 Å². The predicted molar refractivity (Wildman–Crippen MR) is 80.2 cm³/mol. The van der Waals surface area contributed by atoms with Crippen molar-refractivity contribution in [2.24, 2.45) is 5.84 Å². The summed E-state index contributed by atoms with van der Waals surface area (Å²) < 4.78 is 22.2. The molecule has 0 heterocycles. The van der Waals surface area contributed by atoms with Crippen LogP contribution in [-0.2, 0) is 9.84 Å². The summed E-state index contributed by atoms with van der Waals surface area (Å²) in [5.41, 5.74) is 4.46. The molecule has 20 heavy (non-hydrogen) atoms. The van der Waals surface area contributed by atoms with Gasteiger partial charge >= 0.3 is 0 Å². The van der Waals surface area contributed by atoms with E-state index in [1.54, 1.807) is 39.0 Å². The minimum atomic E-state index is -3.24. The van der Waals surface area contributed by atoms with Crippen molar-refractivity contribution in [3.05, 3.63) is 29.3 Å². The number of sulfone groups is 1. The third kappa shape index (κ3) is 3.71. The van der Waals surface area contributed by atoms with Gasteiger partial charge in [0, 0.05) is 24.1 Å². The van der Waals surface area contributed by atoms with Crippen LogP contribution in [0.3, 0.4) is 0 Å². The van der Waals surface area contributed by atoms with Crippen LogP contribution in [0, 0.1) is 6.92 Å². The Hall–Kier alpha value is -1.60. The van der Waals surface area contributed by atoms with Gasteiger partial charge in [-0.3, -0.25) is 10.6 Å². The Balaban J connectivity index is 2.83. The van der Waals surface area contributed by atoms with Crippen molar-refractivity contribution in [2.75, 3.05) is 18.2 Å². The number of nitrogens with one attached hydrogen (secondary N) is 2. The summed E-state index contributed by atoms with van der Waals surface area (Å²) in [4.78, 5) is 12.1. The molecule has 1 aromatic carbocycles. The second kappa shape index (κ2) is 5.80. The Kier molecular flexibility index (Phi) is 4.77. The number of amides is 1. The number of benzene rings is 1. The normalized spacial score (nSPS) is 12.1. The number of hydrazine groups is 1. The standard InChI is InChI=1S/C13H21N3O3S/c1-9-7-10(16-14)5-6-11(9)12(17)15-8-13(2,3)20(4,18)19/h5-7,16H,8,14H2,1-4H3,(H,15,17). The zero-order chi connectivity index (χ0) is 15.6. The van der Waals surface area contributed by atoms with Gasteiger partial charge in [0.1, 0.15) is 0 Å². The van der Waals surface area contributed by atoms with Crippen LogP contribution in [0.1, 0.15) is 29.8 Å². The first-order valence-corrected chi connectivity index (χ1v) is 8.03. The predicted octanol–water partition coefficient (Wildman–Crippen LogP) is 0.834. The Bertz CT molecular complexity index is 609. The van der Waals surface area contributed by atoms with Crippen LogP contribution in [0.25, 0.3) is 0 Å². The van der Waals surface area contributed by atoms with Crippen molar-refractivity contribution in [3.8, 4) is 0 Å². The van der Waals surface area contributed by atoms with Crippen molar-refractivity contribution < 1.29 is 13.2 Å². The average molecular weight is 299 g/mol. The molecule has 0 radical (unpaired) electrons. The van der Waals surface area contributed by atoms with Crippen molar-refractivity contribution >= 4 is 21.4 Å². The number of carbonyl (C=O) groups is 1. The van der Waals surface area contributed by atoms with Gasteiger partial charge in [-0.15, -0.1) is 0 Å². The molecular weight excluding hydrogens is 278 g/mol. The fourth-order valence-corrected chi connectivity index (χ4v) is 1.86. The molecule has 0 saturated carbocycles. The molecule has 0 aliphatic heterocycles. The maximum absolute atomic E-state index is 12.1. The van der Waals surface area contributed by atoms with Gasteiger partial charge in [-0.1, -0.05) is 0 Å². The Morgan fingerprint density at radius 1 is 1.35 bits per heavy atom. The highest BCUT2D eigenvalue weighted by molar-refractivity contribution is 7.92. The molecule has 0 aromatic heterocycles. The summed E-state index contributed by atoms with van der Waals surface area (Å²) in [7, 11) is -3.24. The molecule has 0 spiro atoms. The molecule has 4 N–H and O–H groups in total. The maximum Gasteiger partial charge on any atom is 0.251 e. The largest absolute Gasteiger partial charge is 0.350 e. The van der Waals surface area contributed by atoms with Crippen LogP contribution in [-0.4, -0.2) is 31.9 Å². The second-order valence-corrected chi connectivity index (χ2v) is 8.04. The molecule has 112 valence electrons. The molecule has 0 aliphatic carbocycles. The summed E-state index contributed by atoms with van der Waals surface area (Å²) >= 11 is 0. The van der Waals surface area contributed by atoms with E-state index in [1.165, 1.54) is 0 Å². The lowest BCUT2D eigenvalue weighted by Gasteiger charge is -2.23. The third-order valence-corrected chi connectivity index (χ3v) is 5.47. The highest BCUT2D eigenvalue weighted by atomic mass is 32.2. The Morgan fingerprint density at radius 3 is 2.40 bits per heavy atom. The minimum Gasteiger partial charge on any atom is -0.350 e. The van der Waals surface area contributed by atoms with E-state index in [4.69, 9.17) is 5.84 Å². The number of nitrogens with two attached hydrogens (primary N) is 1. The van der Waals surface area contributed by atoms with Gasteiger partial charge in [0.15, 0.2) is 9.84 Å². The Morgan fingerprint density at radius 2 is 1.95 bits per heavy atom. The van der Waals surface area contributed by atoms with Crippen molar-refractivity contribution in [1.82, 2.24) is 5.32 Å². The Labute approximate surface area is 119 Å². The smallest absolute Gasteiger partial charge is 0.251 e. The maximum atomic E-state index is 12.1. The summed E-state index contributed by atoms with van der Waals surface area (Å²) in [6, 6.07) is 5.08. The van der Waals surface area contributed by atoms with E-state index >= 15 is 0 Å². The number of carbonyl (C=O) groups excluding carboxylic acids is 1. The van der Waals surface area contributed by atoms with Crippen molar-refractivity contribution in [1.29, 1.82) is 0 Å². The highest BCUT2D eigenvalue weighted by Crippen LogP contribution is 2.16. The minimum absolute atomic E-state index is 0.0565. The molecule has 0 atom stereocenters. The van der Waals surface area contributed by atoms with E-state index in [2.05, 4.69) is 10.7 Å². The van der Waals surface area contributed by atoms with Crippen molar-refractivity contribution in [2.45, 2.75) is 25.5 Å². The lowest BCUT2D eigenvalue weighted by Crippen LogP contribution is -2.43. The first kappa shape index (κ1) is 16.5. The molecule has 0 unspecified atom stereocenters. The van der Waals surface area contributed by atoms with E-state index in [1.807, 2.05) is 0 Å². The van der Waals surface area contributed by atoms with Gasteiger partial charge in [-0.2, -0.15) is 0 Å². The summed E-state index contributed by atoms with van der Waals surface area (Å²) in [5, 5.41) is 2.65. The molecule has 1 amide bonds. The SMILES string of the molecule is Cc1cc(NN)ccc1C(=O)NCC(C)(C)S(C)(=O)=O. The fourth-order valence-electron chi connectivity index (χ4n) is 1.53. The van der Waals surface area contributed by atoms with Crippen LogP contribution >= 0.6 is 0 Å². The molecular formula is C13H21N3O3S. The number of nitrogen functional groups attached to an aromatic ring is 1. The molecule has 0 aliphatic rings. The van der Waals surface area contributed by atoms with E-state index in [0.717, 1.165) is 11.8 Å². The molecule has 1 aromatic rings. The number of anilines is 1. The molecule has 7 heteroatoms. The van der Waals surface area contributed by atoms with Gasteiger partial charge in [0.25, 0.3) is 5.91 Å². The summed E-state index contributed by atoms with van der Waals surface area (Å²) in [5.74, 6) is 4.99. The topological polar surface area (TPSA) is 101 Å². The fraction of sp³-hybridized carbons (Fsp3) is 0.462. The van der Waals surface area contributed by atoms with E-state index < -0.39 is 14.6 Å². The van der Waals surface area contributed by atoms with Gasteiger partial charge in [0.2, 0.25) is 0 Å². The first-order chi connectivity index (χ1) is 9.08. The van der Waals surface area contributed by atoms with E-state index in [-0.39, 0.29) is 12.5 Å².